The van der Waals surface area contributed by atoms with Crippen LogP contribution in [0.4, 0.5) is 5.69 Å². The Hall–Kier alpha value is -2.54. The van der Waals surface area contributed by atoms with Gasteiger partial charge < -0.3 is 10.1 Å². The average molecular weight is 405 g/mol. The van der Waals surface area contributed by atoms with Crippen LogP contribution in [0.25, 0.3) is 0 Å². The molecule has 2 rings (SSSR count). The maximum Gasteiger partial charge on any atom is 0.241 e. The number of benzene rings is 2. The molecule has 28 heavy (non-hydrogen) atoms. The molecule has 1 N–H and O–H groups in total. The van der Waals surface area contributed by atoms with Crippen LogP contribution in [0.1, 0.15) is 35.2 Å². The molecule has 0 aromatic heterocycles. The van der Waals surface area contributed by atoms with Crippen molar-refractivity contribution in [1.29, 1.82) is 0 Å². The summed E-state index contributed by atoms with van der Waals surface area (Å²) in [6, 6.07) is 11.0. The van der Waals surface area contributed by atoms with Crippen molar-refractivity contribution >= 4 is 21.6 Å². The Kier molecular flexibility index (Phi) is 6.72. The molecule has 0 radical (unpaired) electrons. The summed E-state index contributed by atoms with van der Waals surface area (Å²) in [5.41, 5.74) is 4.50. The summed E-state index contributed by atoms with van der Waals surface area (Å²) in [6.45, 7) is 7.45. The number of anilines is 1. The summed E-state index contributed by atoms with van der Waals surface area (Å²) in [6.07, 6.45) is 1.08. The van der Waals surface area contributed by atoms with Gasteiger partial charge in [0.2, 0.25) is 15.9 Å². The highest BCUT2D eigenvalue weighted by Gasteiger charge is 2.25. The predicted molar refractivity (Wildman–Crippen MR) is 112 cm³/mol. The molecule has 0 aliphatic heterocycles. The summed E-state index contributed by atoms with van der Waals surface area (Å²) < 4.78 is 31.1. The van der Waals surface area contributed by atoms with E-state index >= 15 is 0 Å². The first-order valence-corrected chi connectivity index (χ1v) is 10.9. The second-order valence-corrected chi connectivity index (χ2v) is 8.98. The number of amides is 1. The molecule has 0 aliphatic carbocycles. The number of nitrogens with zero attached hydrogens (tertiary/aromatic N) is 1. The normalized spacial score (nSPS) is 12.4. The lowest BCUT2D eigenvalue weighted by Gasteiger charge is -2.25. The van der Waals surface area contributed by atoms with Gasteiger partial charge >= 0.3 is 0 Å². The van der Waals surface area contributed by atoms with E-state index in [9.17, 15) is 13.2 Å². The van der Waals surface area contributed by atoms with E-state index in [1.807, 2.05) is 52.0 Å². The third-order valence-electron chi connectivity index (χ3n) is 4.70. The van der Waals surface area contributed by atoms with Gasteiger partial charge in [0.1, 0.15) is 12.3 Å². The molecule has 0 bridgehead atoms. The Morgan fingerprint density at radius 1 is 1.11 bits per heavy atom. The fourth-order valence-corrected chi connectivity index (χ4v) is 3.76. The second kappa shape index (κ2) is 8.65. The fourth-order valence-electron chi connectivity index (χ4n) is 2.91. The van der Waals surface area contributed by atoms with Gasteiger partial charge in [-0.25, -0.2) is 8.42 Å². The minimum absolute atomic E-state index is 0.243. The molecule has 2 aromatic rings. The first-order valence-electron chi connectivity index (χ1n) is 9.01. The van der Waals surface area contributed by atoms with Crippen LogP contribution < -0.4 is 14.4 Å². The number of carbonyl (C=O) groups excluding carboxylic acids is 1. The molecule has 0 unspecified atom stereocenters. The Morgan fingerprint density at radius 3 is 2.36 bits per heavy atom. The van der Waals surface area contributed by atoms with E-state index in [-0.39, 0.29) is 18.5 Å². The molecule has 7 heteroatoms. The SMILES string of the molecule is COc1ccc(C)cc1N(CC(=O)N[C@H](C)c1ccc(C)c(C)c1)S(C)(=O)=O. The standard InChI is InChI=1S/C21H28N2O4S/c1-14-7-10-20(27-5)19(11-14)23(28(6,25)26)13-21(24)22-17(4)18-9-8-15(2)16(3)12-18/h7-12,17H,13H2,1-6H3,(H,22,24)/t17-/m1/s1. The number of ether oxygens (including phenoxy) is 1. The van der Waals surface area contributed by atoms with Gasteiger partial charge in [-0.1, -0.05) is 24.3 Å². The van der Waals surface area contributed by atoms with Crippen LogP contribution in [0.15, 0.2) is 36.4 Å². The molecular weight excluding hydrogens is 376 g/mol. The van der Waals surface area contributed by atoms with Crippen LogP contribution in [0.5, 0.6) is 5.75 Å². The van der Waals surface area contributed by atoms with E-state index < -0.39 is 10.0 Å². The number of hydrogen-bond acceptors (Lipinski definition) is 4. The average Bonchev–Trinajstić information content (AvgIpc) is 2.61. The molecule has 1 amide bonds. The highest BCUT2D eigenvalue weighted by molar-refractivity contribution is 7.92. The molecule has 6 nitrogen and oxygen atoms in total. The topological polar surface area (TPSA) is 75.7 Å². The van der Waals surface area contributed by atoms with E-state index in [0.717, 1.165) is 27.3 Å². The zero-order valence-corrected chi connectivity index (χ0v) is 18.1. The van der Waals surface area contributed by atoms with Crippen molar-refractivity contribution in [1.82, 2.24) is 5.32 Å². The van der Waals surface area contributed by atoms with Crippen molar-refractivity contribution in [2.24, 2.45) is 0 Å². The number of hydrogen-bond donors (Lipinski definition) is 1. The number of sulfonamides is 1. The number of rotatable bonds is 7. The Balaban J connectivity index is 2.25. The van der Waals surface area contributed by atoms with Crippen LogP contribution >= 0.6 is 0 Å². The maximum atomic E-state index is 12.6. The maximum absolute atomic E-state index is 12.6. The zero-order valence-electron chi connectivity index (χ0n) is 17.2. The van der Waals surface area contributed by atoms with Crippen LogP contribution in [0, 0.1) is 20.8 Å². The van der Waals surface area contributed by atoms with Gasteiger partial charge in [0.05, 0.1) is 25.1 Å². The van der Waals surface area contributed by atoms with Crippen molar-refractivity contribution in [3.63, 3.8) is 0 Å². The van der Waals surface area contributed by atoms with Crippen molar-refractivity contribution in [3.05, 3.63) is 58.7 Å². The van der Waals surface area contributed by atoms with Gasteiger partial charge in [-0.15, -0.1) is 0 Å². The van der Waals surface area contributed by atoms with Gasteiger partial charge in [-0.2, -0.15) is 0 Å². The highest BCUT2D eigenvalue weighted by Crippen LogP contribution is 2.31. The van der Waals surface area contributed by atoms with Gasteiger partial charge in [0, 0.05) is 0 Å². The molecule has 152 valence electrons. The van der Waals surface area contributed by atoms with Crippen LogP contribution in [-0.2, 0) is 14.8 Å². The quantitative estimate of drug-likeness (QED) is 0.769. The first kappa shape index (κ1) is 21.8. The van der Waals surface area contributed by atoms with E-state index in [1.165, 1.54) is 12.7 Å². The van der Waals surface area contributed by atoms with Crippen LogP contribution in [0.3, 0.4) is 0 Å². The zero-order chi connectivity index (χ0) is 21.1. The predicted octanol–water partition coefficient (Wildman–Crippen LogP) is 3.26. The van der Waals surface area contributed by atoms with Gasteiger partial charge in [-0.3, -0.25) is 9.10 Å². The molecule has 0 spiro atoms. The third kappa shape index (κ3) is 5.25. The number of methoxy groups -OCH3 is 1. The number of nitrogens with one attached hydrogen (secondary N) is 1. The minimum Gasteiger partial charge on any atom is -0.495 e. The van der Waals surface area contributed by atoms with E-state index in [4.69, 9.17) is 4.74 Å². The largest absolute Gasteiger partial charge is 0.495 e. The highest BCUT2D eigenvalue weighted by atomic mass is 32.2. The van der Waals surface area contributed by atoms with E-state index in [0.29, 0.717) is 11.4 Å². The molecule has 0 heterocycles. The summed E-state index contributed by atoms with van der Waals surface area (Å²) in [7, 11) is -2.21. The number of carbonyl (C=O) groups is 1. The van der Waals surface area contributed by atoms with Crippen molar-refractivity contribution in [2.75, 3.05) is 24.2 Å². The molecule has 0 fully saturated rings. The molecular formula is C21H28N2O4S. The first-order chi connectivity index (χ1) is 13.0. The van der Waals surface area contributed by atoms with Crippen molar-refractivity contribution < 1.29 is 17.9 Å². The Morgan fingerprint density at radius 2 is 1.79 bits per heavy atom. The third-order valence-corrected chi connectivity index (χ3v) is 5.83. The molecule has 0 saturated heterocycles. The summed E-state index contributed by atoms with van der Waals surface area (Å²) in [5, 5.41) is 2.88. The Bertz CT molecular complexity index is 970. The molecule has 1 atom stereocenters. The van der Waals surface area contributed by atoms with Gasteiger partial charge in [0.25, 0.3) is 0 Å². The second-order valence-electron chi connectivity index (χ2n) is 7.08. The lowest BCUT2D eigenvalue weighted by atomic mass is 10.0. The summed E-state index contributed by atoms with van der Waals surface area (Å²) in [4.78, 5) is 12.6. The van der Waals surface area contributed by atoms with Gasteiger partial charge in [0.15, 0.2) is 0 Å². The molecule has 0 saturated carbocycles. The molecule has 0 aliphatic rings. The summed E-state index contributed by atoms with van der Waals surface area (Å²) in [5.74, 6) is 0.00532. The van der Waals surface area contributed by atoms with Crippen molar-refractivity contribution in [3.8, 4) is 5.75 Å². The van der Waals surface area contributed by atoms with E-state index in [2.05, 4.69) is 5.32 Å². The van der Waals surface area contributed by atoms with Crippen molar-refractivity contribution in [2.45, 2.75) is 33.7 Å². The minimum atomic E-state index is -3.68. The molecule has 2 aromatic carbocycles. The number of aryl methyl sites for hydroxylation is 3. The van der Waals surface area contributed by atoms with Crippen LogP contribution in [-0.4, -0.2) is 34.2 Å². The van der Waals surface area contributed by atoms with Crippen LogP contribution in [0.2, 0.25) is 0 Å². The Labute approximate surface area is 167 Å². The monoisotopic (exact) mass is 404 g/mol. The summed E-state index contributed by atoms with van der Waals surface area (Å²) >= 11 is 0. The lowest BCUT2D eigenvalue weighted by Crippen LogP contribution is -2.41. The lowest BCUT2D eigenvalue weighted by molar-refractivity contribution is -0.120. The van der Waals surface area contributed by atoms with E-state index in [1.54, 1.807) is 12.1 Å². The smallest absolute Gasteiger partial charge is 0.241 e. The van der Waals surface area contributed by atoms with Gasteiger partial charge in [-0.05, 0) is 62.1 Å². The fraction of sp³-hybridized carbons (Fsp3) is 0.381.